The minimum atomic E-state index is -0.358. The Labute approximate surface area is 111 Å². The molecule has 1 aliphatic rings. The molecule has 0 saturated heterocycles. The van der Waals surface area contributed by atoms with E-state index in [0.717, 1.165) is 18.7 Å². The van der Waals surface area contributed by atoms with E-state index < -0.39 is 0 Å². The van der Waals surface area contributed by atoms with Gasteiger partial charge in [0.05, 0.1) is 0 Å². The quantitative estimate of drug-likeness (QED) is 0.868. The van der Waals surface area contributed by atoms with Crippen LogP contribution < -0.4 is 4.74 Å². The number of hydrogen-bond donors (Lipinski definition) is 0. The fourth-order valence-electron chi connectivity index (χ4n) is 1.59. The van der Waals surface area contributed by atoms with Crippen molar-refractivity contribution < 1.29 is 13.7 Å². The van der Waals surface area contributed by atoms with Gasteiger partial charge in [-0.3, -0.25) is 0 Å². The molecule has 0 atom stereocenters. The minimum absolute atomic E-state index is 0.148. The molecule has 94 valence electrons. The Hall–Kier alpha value is -1.43. The lowest BCUT2D eigenvalue weighted by molar-refractivity contribution is 0.241. The van der Waals surface area contributed by atoms with Crippen LogP contribution in [0, 0.1) is 5.82 Å². The van der Waals surface area contributed by atoms with Crippen LogP contribution in [0.15, 0.2) is 27.2 Å². The highest BCUT2D eigenvalue weighted by Crippen LogP contribution is 2.38. The average Bonchev–Trinajstić information content (AvgIpc) is 3.05. The van der Waals surface area contributed by atoms with Gasteiger partial charge in [0.2, 0.25) is 0 Å². The van der Waals surface area contributed by atoms with Crippen LogP contribution in [0.5, 0.6) is 5.75 Å². The van der Waals surface area contributed by atoms with Crippen LogP contribution in [-0.2, 0) is 6.61 Å². The molecule has 1 aromatic heterocycles. The minimum Gasteiger partial charge on any atom is -0.484 e. The summed E-state index contributed by atoms with van der Waals surface area (Å²) in [4.78, 5) is 4.22. The van der Waals surface area contributed by atoms with Gasteiger partial charge >= 0.3 is 0 Å². The van der Waals surface area contributed by atoms with Crippen molar-refractivity contribution in [2.24, 2.45) is 0 Å². The molecule has 0 amide bonds. The zero-order chi connectivity index (χ0) is 12.5. The number of rotatable bonds is 4. The molecule has 18 heavy (non-hydrogen) atoms. The smallest absolute Gasteiger partial charge is 0.264 e. The largest absolute Gasteiger partial charge is 0.484 e. The van der Waals surface area contributed by atoms with Crippen molar-refractivity contribution in [2.75, 3.05) is 0 Å². The maximum absolute atomic E-state index is 13.1. The summed E-state index contributed by atoms with van der Waals surface area (Å²) < 4.78 is 24.2. The molecule has 6 heteroatoms. The standard InChI is InChI=1S/C12H10BrFN2O2/c13-8-3-9(14)5-10(4-8)17-6-11-15-12(16-18-11)7-1-2-7/h3-5,7H,1-2,6H2. The lowest BCUT2D eigenvalue weighted by Crippen LogP contribution is -1.96. The lowest BCUT2D eigenvalue weighted by atomic mass is 10.3. The summed E-state index contributed by atoms with van der Waals surface area (Å²) in [6, 6.07) is 4.36. The molecule has 3 rings (SSSR count). The van der Waals surface area contributed by atoms with Gasteiger partial charge in [-0.25, -0.2) is 4.39 Å². The Kier molecular flexibility index (Phi) is 3.03. The Morgan fingerprint density at radius 1 is 1.39 bits per heavy atom. The molecule has 0 spiro atoms. The Bertz CT molecular complexity index is 549. The van der Waals surface area contributed by atoms with Crippen LogP contribution in [0.25, 0.3) is 0 Å². The molecule has 1 aromatic carbocycles. The average molecular weight is 313 g/mol. The normalized spacial score (nSPS) is 14.8. The van der Waals surface area contributed by atoms with Crippen molar-refractivity contribution in [3.63, 3.8) is 0 Å². The zero-order valence-electron chi connectivity index (χ0n) is 9.40. The van der Waals surface area contributed by atoms with E-state index >= 15 is 0 Å². The third-order valence-corrected chi connectivity index (χ3v) is 3.08. The van der Waals surface area contributed by atoms with Gasteiger partial charge in [0.15, 0.2) is 12.4 Å². The number of halogens is 2. The first-order valence-corrected chi connectivity index (χ1v) is 6.41. The van der Waals surface area contributed by atoms with E-state index in [9.17, 15) is 4.39 Å². The van der Waals surface area contributed by atoms with Gasteiger partial charge < -0.3 is 9.26 Å². The molecule has 0 N–H and O–H groups in total. The van der Waals surface area contributed by atoms with Crippen LogP contribution in [-0.4, -0.2) is 10.1 Å². The molecule has 1 heterocycles. The Morgan fingerprint density at radius 2 is 2.22 bits per heavy atom. The summed E-state index contributed by atoms with van der Waals surface area (Å²) in [7, 11) is 0. The second kappa shape index (κ2) is 4.68. The second-order valence-electron chi connectivity index (χ2n) is 4.21. The highest BCUT2D eigenvalue weighted by molar-refractivity contribution is 9.10. The van der Waals surface area contributed by atoms with Crippen molar-refractivity contribution in [2.45, 2.75) is 25.4 Å². The third-order valence-electron chi connectivity index (χ3n) is 2.62. The summed E-state index contributed by atoms with van der Waals surface area (Å²) >= 11 is 3.20. The van der Waals surface area contributed by atoms with Crippen molar-refractivity contribution in [3.8, 4) is 5.75 Å². The van der Waals surface area contributed by atoms with E-state index in [1.807, 2.05) is 0 Å². The molecule has 0 bridgehead atoms. The molecule has 1 aliphatic carbocycles. The molecule has 0 aliphatic heterocycles. The summed E-state index contributed by atoms with van der Waals surface area (Å²) in [6.45, 7) is 0.148. The fourth-order valence-corrected chi connectivity index (χ4v) is 2.04. The summed E-state index contributed by atoms with van der Waals surface area (Å²) in [5.41, 5.74) is 0. The van der Waals surface area contributed by atoms with Crippen LogP contribution in [0.3, 0.4) is 0 Å². The third kappa shape index (κ3) is 2.69. The molecule has 2 aromatic rings. The monoisotopic (exact) mass is 312 g/mol. The summed E-state index contributed by atoms with van der Waals surface area (Å²) in [5.74, 6) is 1.67. The van der Waals surface area contributed by atoms with E-state index in [1.54, 1.807) is 6.07 Å². The van der Waals surface area contributed by atoms with E-state index in [1.165, 1.54) is 12.1 Å². The van der Waals surface area contributed by atoms with Crippen molar-refractivity contribution >= 4 is 15.9 Å². The maximum atomic E-state index is 13.1. The number of hydrogen-bond acceptors (Lipinski definition) is 4. The van der Waals surface area contributed by atoms with Gasteiger partial charge in [-0.1, -0.05) is 21.1 Å². The highest BCUT2D eigenvalue weighted by atomic mass is 79.9. The van der Waals surface area contributed by atoms with E-state index in [0.29, 0.717) is 22.0 Å². The predicted molar refractivity (Wildman–Crippen MR) is 64.7 cm³/mol. The number of ether oxygens (including phenoxy) is 1. The first-order chi connectivity index (χ1) is 8.70. The molecule has 0 unspecified atom stereocenters. The molecular formula is C12H10BrFN2O2. The second-order valence-corrected chi connectivity index (χ2v) is 5.13. The van der Waals surface area contributed by atoms with Crippen molar-refractivity contribution in [1.82, 2.24) is 10.1 Å². The molecule has 4 nitrogen and oxygen atoms in total. The van der Waals surface area contributed by atoms with Gasteiger partial charge in [-0.2, -0.15) is 4.98 Å². The van der Waals surface area contributed by atoms with Gasteiger partial charge in [-0.05, 0) is 25.0 Å². The highest BCUT2D eigenvalue weighted by Gasteiger charge is 2.28. The molecule has 0 radical (unpaired) electrons. The SMILES string of the molecule is Fc1cc(Br)cc(OCc2nc(C3CC3)no2)c1. The zero-order valence-corrected chi connectivity index (χ0v) is 11.0. The predicted octanol–water partition coefficient (Wildman–Crippen LogP) is 3.43. The number of nitrogens with zero attached hydrogens (tertiary/aromatic N) is 2. The van der Waals surface area contributed by atoms with Crippen molar-refractivity contribution in [3.05, 3.63) is 40.2 Å². The van der Waals surface area contributed by atoms with Crippen LogP contribution >= 0.6 is 15.9 Å². The number of aromatic nitrogens is 2. The maximum Gasteiger partial charge on any atom is 0.264 e. The van der Waals surface area contributed by atoms with Crippen LogP contribution in [0.2, 0.25) is 0 Å². The first-order valence-electron chi connectivity index (χ1n) is 5.62. The first kappa shape index (κ1) is 11.6. The van der Waals surface area contributed by atoms with Gasteiger partial charge in [0.1, 0.15) is 11.6 Å². The summed E-state index contributed by atoms with van der Waals surface area (Å²) in [6.07, 6.45) is 2.24. The van der Waals surface area contributed by atoms with Gasteiger partial charge in [0, 0.05) is 16.5 Å². The topological polar surface area (TPSA) is 48.2 Å². The molecule has 1 saturated carbocycles. The fraction of sp³-hybridized carbons (Fsp3) is 0.333. The van der Waals surface area contributed by atoms with E-state index in [2.05, 4.69) is 26.1 Å². The Balaban J connectivity index is 1.65. The van der Waals surface area contributed by atoms with Crippen LogP contribution in [0.1, 0.15) is 30.5 Å². The van der Waals surface area contributed by atoms with Gasteiger partial charge in [0.25, 0.3) is 5.89 Å². The summed E-state index contributed by atoms with van der Waals surface area (Å²) in [5, 5.41) is 3.88. The van der Waals surface area contributed by atoms with E-state index in [4.69, 9.17) is 9.26 Å². The lowest BCUT2D eigenvalue weighted by Gasteiger charge is -2.03. The Morgan fingerprint density at radius 3 is 2.94 bits per heavy atom. The van der Waals surface area contributed by atoms with Gasteiger partial charge in [-0.15, -0.1) is 0 Å². The van der Waals surface area contributed by atoms with Crippen LogP contribution in [0.4, 0.5) is 4.39 Å². The number of benzene rings is 1. The van der Waals surface area contributed by atoms with Crippen molar-refractivity contribution in [1.29, 1.82) is 0 Å². The molecular weight excluding hydrogens is 303 g/mol. The van der Waals surface area contributed by atoms with E-state index in [-0.39, 0.29) is 12.4 Å². The molecule has 1 fully saturated rings.